The van der Waals surface area contributed by atoms with Gasteiger partial charge in [-0.25, -0.2) is 9.97 Å². The van der Waals surface area contributed by atoms with Crippen molar-refractivity contribution in [1.82, 2.24) is 14.9 Å². The van der Waals surface area contributed by atoms with Gasteiger partial charge in [0.1, 0.15) is 10.7 Å². The van der Waals surface area contributed by atoms with E-state index in [9.17, 15) is 14.9 Å². The molecule has 1 atom stereocenters. The number of aryl methyl sites for hydroxylation is 2. The molecule has 9 heteroatoms. The number of nitro benzene ring substituents is 1. The van der Waals surface area contributed by atoms with Crippen LogP contribution >= 0.6 is 22.7 Å². The SMILES string of the molecule is Cc1nc(C)c([C@H](C)N(C)C(=O)c2csc(-c3ccc([N+](=O)[O-])cc3)n2)s1. The van der Waals surface area contributed by atoms with Gasteiger partial charge >= 0.3 is 0 Å². The lowest BCUT2D eigenvalue weighted by Gasteiger charge is -2.23. The largest absolute Gasteiger partial charge is 0.333 e. The Hall–Kier alpha value is -2.65. The van der Waals surface area contributed by atoms with Crippen LogP contribution in [-0.4, -0.2) is 32.7 Å². The molecular formula is C18H18N4O3S2. The van der Waals surface area contributed by atoms with Crippen LogP contribution in [0.4, 0.5) is 5.69 Å². The zero-order valence-corrected chi connectivity index (χ0v) is 16.9. The fraction of sp³-hybridized carbons (Fsp3) is 0.278. The Morgan fingerprint density at radius 1 is 1.22 bits per heavy atom. The number of amides is 1. The summed E-state index contributed by atoms with van der Waals surface area (Å²) in [6, 6.07) is 6.04. The third-order valence-electron chi connectivity index (χ3n) is 4.27. The fourth-order valence-corrected chi connectivity index (χ4v) is 4.52. The monoisotopic (exact) mass is 402 g/mol. The zero-order valence-electron chi connectivity index (χ0n) is 15.3. The predicted octanol–water partition coefficient (Wildman–Crippen LogP) is 4.62. The molecular weight excluding hydrogens is 384 g/mol. The molecule has 7 nitrogen and oxygen atoms in total. The molecule has 0 unspecified atom stereocenters. The summed E-state index contributed by atoms with van der Waals surface area (Å²) >= 11 is 2.93. The van der Waals surface area contributed by atoms with Crippen LogP contribution in [0.5, 0.6) is 0 Å². The second kappa shape index (κ2) is 7.53. The standard InChI is InChI=1S/C18H18N4O3S2/c1-10-16(27-12(3)19-10)11(2)21(4)18(23)15-9-26-17(20-15)13-5-7-14(8-6-13)22(24)25/h5-9,11H,1-4H3/t11-/m0/s1. The summed E-state index contributed by atoms with van der Waals surface area (Å²) in [5.41, 5.74) is 2.07. The van der Waals surface area contributed by atoms with Crippen LogP contribution in [0.2, 0.25) is 0 Å². The minimum Gasteiger partial charge on any atom is -0.333 e. The number of nitro groups is 1. The van der Waals surface area contributed by atoms with Gasteiger partial charge < -0.3 is 4.90 Å². The number of benzene rings is 1. The highest BCUT2D eigenvalue weighted by Gasteiger charge is 2.24. The van der Waals surface area contributed by atoms with Gasteiger partial charge in [0, 0.05) is 35.0 Å². The van der Waals surface area contributed by atoms with Crippen molar-refractivity contribution in [2.45, 2.75) is 26.8 Å². The van der Waals surface area contributed by atoms with E-state index in [1.54, 1.807) is 40.8 Å². The van der Waals surface area contributed by atoms with Crippen molar-refractivity contribution in [2.24, 2.45) is 0 Å². The number of hydrogen-bond acceptors (Lipinski definition) is 7. The first kappa shape index (κ1) is 19.1. The molecule has 27 heavy (non-hydrogen) atoms. The molecule has 2 aromatic heterocycles. The molecule has 0 N–H and O–H groups in total. The fourth-order valence-electron chi connectivity index (χ4n) is 2.70. The number of carbonyl (C=O) groups is 1. The van der Waals surface area contributed by atoms with Gasteiger partial charge in [-0.3, -0.25) is 14.9 Å². The molecule has 3 aromatic rings. The molecule has 140 valence electrons. The van der Waals surface area contributed by atoms with Crippen molar-refractivity contribution >= 4 is 34.3 Å². The van der Waals surface area contributed by atoms with Crippen LogP contribution in [0.25, 0.3) is 10.6 Å². The van der Waals surface area contributed by atoms with Crippen molar-refractivity contribution in [1.29, 1.82) is 0 Å². The van der Waals surface area contributed by atoms with Crippen LogP contribution in [0.1, 0.15) is 39.0 Å². The van der Waals surface area contributed by atoms with Crippen molar-refractivity contribution in [3.63, 3.8) is 0 Å². The number of rotatable bonds is 5. The van der Waals surface area contributed by atoms with Crippen LogP contribution in [0.15, 0.2) is 29.6 Å². The second-order valence-electron chi connectivity index (χ2n) is 6.12. The predicted molar refractivity (Wildman–Crippen MR) is 106 cm³/mol. The minimum atomic E-state index is -0.444. The van der Waals surface area contributed by atoms with Crippen molar-refractivity contribution in [3.8, 4) is 10.6 Å². The molecule has 1 aromatic carbocycles. The van der Waals surface area contributed by atoms with Crippen molar-refractivity contribution < 1.29 is 9.72 Å². The Balaban J connectivity index is 1.79. The number of nitrogens with zero attached hydrogens (tertiary/aromatic N) is 4. The van der Waals surface area contributed by atoms with Gasteiger partial charge in [0.2, 0.25) is 0 Å². The van der Waals surface area contributed by atoms with Gasteiger partial charge in [0.15, 0.2) is 0 Å². The average Bonchev–Trinajstić information content (AvgIpc) is 3.26. The Bertz CT molecular complexity index is 994. The Morgan fingerprint density at radius 3 is 2.44 bits per heavy atom. The topological polar surface area (TPSA) is 89.2 Å². The molecule has 1 amide bonds. The lowest BCUT2D eigenvalue weighted by atomic mass is 10.2. The van der Waals surface area contributed by atoms with E-state index >= 15 is 0 Å². The summed E-state index contributed by atoms with van der Waals surface area (Å²) < 4.78 is 0. The van der Waals surface area contributed by atoms with Gasteiger partial charge in [-0.2, -0.15) is 0 Å². The molecule has 0 aliphatic rings. The lowest BCUT2D eigenvalue weighted by molar-refractivity contribution is -0.384. The molecule has 0 fully saturated rings. The quantitative estimate of drug-likeness (QED) is 0.459. The van der Waals surface area contributed by atoms with Gasteiger partial charge in [0.05, 0.1) is 21.7 Å². The van der Waals surface area contributed by atoms with Crippen LogP contribution in [-0.2, 0) is 0 Å². The van der Waals surface area contributed by atoms with Crippen LogP contribution in [0, 0.1) is 24.0 Å². The first-order valence-corrected chi connectivity index (χ1v) is 9.89. The Kier molecular flexibility index (Phi) is 5.33. The van der Waals surface area contributed by atoms with E-state index in [0.717, 1.165) is 21.1 Å². The van der Waals surface area contributed by atoms with Crippen molar-refractivity contribution in [3.05, 3.63) is 61.0 Å². The van der Waals surface area contributed by atoms with Crippen molar-refractivity contribution in [2.75, 3.05) is 7.05 Å². The molecule has 2 heterocycles. The van der Waals surface area contributed by atoms with Crippen LogP contribution < -0.4 is 0 Å². The highest BCUT2D eigenvalue weighted by Crippen LogP contribution is 2.30. The summed E-state index contributed by atoms with van der Waals surface area (Å²) in [6.07, 6.45) is 0. The maximum absolute atomic E-state index is 12.8. The normalized spacial score (nSPS) is 12.0. The first-order chi connectivity index (χ1) is 12.8. The molecule has 0 aliphatic carbocycles. The average molecular weight is 403 g/mol. The summed E-state index contributed by atoms with van der Waals surface area (Å²) in [5, 5.41) is 14.1. The van der Waals surface area contributed by atoms with Gasteiger partial charge in [-0.1, -0.05) is 0 Å². The molecule has 0 aliphatic heterocycles. The third-order valence-corrected chi connectivity index (χ3v) is 6.40. The van der Waals surface area contributed by atoms with E-state index in [1.807, 2.05) is 20.8 Å². The van der Waals surface area contributed by atoms with Gasteiger partial charge in [0.25, 0.3) is 11.6 Å². The van der Waals surface area contributed by atoms with E-state index in [-0.39, 0.29) is 17.6 Å². The zero-order chi connectivity index (χ0) is 19.7. The maximum atomic E-state index is 12.8. The summed E-state index contributed by atoms with van der Waals surface area (Å²) in [4.78, 5) is 34.7. The third kappa shape index (κ3) is 3.88. The Labute approximate surface area is 164 Å². The minimum absolute atomic E-state index is 0.0235. The molecule has 0 saturated carbocycles. The Morgan fingerprint density at radius 2 is 1.89 bits per heavy atom. The number of carbonyl (C=O) groups excluding carboxylic acids is 1. The molecule has 0 saturated heterocycles. The molecule has 0 bridgehead atoms. The second-order valence-corrected chi connectivity index (χ2v) is 8.21. The highest BCUT2D eigenvalue weighted by molar-refractivity contribution is 7.13. The van der Waals surface area contributed by atoms with E-state index in [0.29, 0.717) is 10.7 Å². The summed E-state index contributed by atoms with van der Waals surface area (Å²) in [6.45, 7) is 5.87. The number of hydrogen-bond donors (Lipinski definition) is 0. The molecule has 0 spiro atoms. The van der Waals surface area contributed by atoms with Crippen LogP contribution in [0.3, 0.4) is 0 Å². The van der Waals surface area contributed by atoms with Gasteiger partial charge in [-0.05, 0) is 32.9 Å². The maximum Gasteiger partial charge on any atom is 0.273 e. The number of aromatic nitrogens is 2. The van der Waals surface area contributed by atoms with Gasteiger partial charge in [-0.15, -0.1) is 22.7 Å². The lowest BCUT2D eigenvalue weighted by Crippen LogP contribution is -2.29. The van der Waals surface area contributed by atoms with E-state index in [4.69, 9.17) is 0 Å². The summed E-state index contributed by atoms with van der Waals surface area (Å²) in [7, 11) is 1.76. The van der Waals surface area contributed by atoms with E-state index < -0.39 is 4.92 Å². The number of non-ortho nitro benzene ring substituents is 1. The number of thiazole rings is 2. The highest BCUT2D eigenvalue weighted by atomic mass is 32.1. The van der Waals surface area contributed by atoms with E-state index in [1.165, 1.54) is 23.5 Å². The van der Waals surface area contributed by atoms with E-state index in [2.05, 4.69) is 9.97 Å². The molecule has 0 radical (unpaired) electrons. The first-order valence-electron chi connectivity index (χ1n) is 8.19. The molecule has 3 rings (SSSR count). The smallest absolute Gasteiger partial charge is 0.273 e. The summed E-state index contributed by atoms with van der Waals surface area (Å²) in [5.74, 6) is -0.169.